The van der Waals surface area contributed by atoms with Gasteiger partial charge in [-0.1, -0.05) is 13.8 Å². The highest BCUT2D eigenvalue weighted by atomic mass is 16.4. The van der Waals surface area contributed by atoms with Crippen molar-refractivity contribution >= 4 is 11.9 Å². The number of nitrogens with one attached hydrogen (secondary N) is 1. The van der Waals surface area contributed by atoms with E-state index in [2.05, 4.69) is 29.1 Å². The van der Waals surface area contributed by atoms with Gasteiger partial charge in [0.2, 0.25) is 5.95 Å². The summed E-state index contributed by atoms with van der Waals surface area (Å²) in [6, 6.07) is 1.71. The van der Waals surface area contributed by atoms with Crippen LogP contribution in [0.1, 0.15) is 43.9 Å². The molecule has 0 saturated heterocycles. The first-order chi connectivity index (χ1) is 7.88. The molecule has 5 heteroatoms. The average molecular weight is 237 g/mol. The fourth-order valence-corrected chi connectivity index (χ4v) is 1.45. The van der Waals surface area contributed by atoms with Crippen molar-refractivity contribution in [2.24, 2.45) is 5.92 Å². The van der Waals surface area contributed by atoms with Crippen molar-refractivity contribution < 1.29 is 9.90 Å². The van der Waals surface area contributed by atoms with E-state index in [1.165, 1.54) is 6.07 Å². The first-order valence-corrected chi connectivity index (χ1v) is 5.76. The van der Waals surface area contributed by atoms with Gasteiger partial charge in [-0.3, -0.25) is 0 Å². The molecule has 0 fully saturated rings. The van der Waals surface area contributed by atoms with Crippen molar-refractivity contribution in [1.29, 1.82) is 0 Å². The molecular weight excluding hydrogens is 218 g/mol. The highest BCUT2D eigenvalue weighted by Crippen LogP contribution is 2.11. The lowest BCUT2D eigenvalue weighted by Gasteiger charge is -2.11. The van der Waals surface area contributed by atoms with Crippen LogP contribution >= 0.6 is 0 Å². The largest absolute Gasteiger partial charge is 0.477 e. The molecule has 0 amide bonds. The van der Waals surface area contributed by atoms with E-state index in [-0.39, 0.29) is 11.7 Å². The summed E-state index contributed by atoms with van der Waals surface area (Å²) in [5.41, 5.74) is 0.800. The molecule has 0 saturated carbocycles. The number of aromatic nitrogens is 2. The van der Waals surface area contributed by atoms with E-state index in [1.54, 1.807) is 0 Å². The Bertz CT molecular complexity index is 374. The summed E-state index contributed by atoms with van der Waals surface area (Å²) in [4.78, 5) is 19.2. The van der Waals surface area contributed by atoms with Crippen LogP contribution < -0.4 is 5.32 Å². The highest BCUT2D eigenvalue weighted by molar-refractivity contribution is 5.85. The van der Waals surface area contributed by atoms with Gasteiger partial charge in [-0.05, 0) is 32.3 Å². The topological polar surface area (TPSA) is 75.1 Å². The summed E-state index contributed by atoms with van der Waals surface area (Å²) in [5.74, 6) is -0.210. The van der Waals surface area contributed by atoms with Crippen molar-refractivity contribution in [2.75, 3.05) is 5.32 Å². The van der Waals surface area contributed by atoms with Crippen LogP contribution in [0.15, 0.2) is 6.07 Å². The smallest absolute Gasteiger partial charge is 0.354 e. The summed E-state index contributed by atoms with van der Waals surface area (Å²) in [7, 11) is 0. The number of hydrogen-bond acceptors (Lipinski definition) is 4. The number of anilines is 1. The number of aromatic carboxylic acids is 1. The van der Waals surface area contributed by atoms with Crippen molar-refractivity contribution in [3.63, 3.8) is 0 Å². The number of carbonyl (C=O) groups is 1. The Morgan fingerprint density at radius 3 is 2.47 bits per heavy atom. The van der Waals surface area contributed by atoms with Gasteiger partial charge < -0.3 is 10.4 Å². The molecule has 17 heavy (non-hydrogen) atoms. The van der Waals surface area contributed by atoms with Crippen LogP contribution in [0.5, 0.6) is 0 Å². The SMILES string of the molecule is CC(C)Cc1cc(C(=O)O)nc(NC(C)C)n1. The predicted octanol–water partition coefficient (Wildman–Crippen LogP) is 2.19. The first-order valence-electron chi connectivity index (χ1n) is 5.76. The Morgan fingerprint density at radius 1 is 1.35 bits per heavy atom. The quantitative estimate of drug-likeness (QED) is 0.821. The zero-order valence-corrected chi connectivity index (χ0v) is 10.7. The maximum Gasteiger partial charge on any atom is 0.354 e. The molecule has 0 atom stereocenters. The van der Waals surface area contributed by atoms with Gasteiger partial charge in [-0.25, -0.2) is 14.8 Å². The lowest BCUT2D eigenvalue weighted by molar-refractivity contribution is 0.0690. The second-order valence-corrected chi connectivity index (χ2v) is 4.77. The molecule has 1 heterocycles. The van der Waals surface area contributed by atoms with Crippen molar-refractivity contribution in [3.8, 4) is 0 Å². The van der Waals surface area contributed by atoms with Gasteiger partial charge >= 0.3 is 5.97 Å². The minimum absolute atomic E-state index is 0.0406. The third-order valence-electron chi connectivity index (χ3n) is 2.03. The molecule has 5 nitrogen and oxygen atoms in total. The number of carboxylic acids is 1. The maximum absolute atomic E-state index is 11.0. The molecule has 94 valence electrons. The molecule has 0 bridgehead atoms. The zero-order chi connectivity index (χ0) is 13.0. The second-order valence-electron chi connectivity index (χ2n) is 4.77. The van der Waals surface area contributed by atoms with E-state index in [1.807, 2.05) is 13.8 Å². The Kier molecular flexibility index (Phi) is 4.43. The standard InChI is InChI=1S/C12H19N3O2/c1-7(2)5-9-6-10(11(16)17)15-12(14-9)13-8(3)4/h6-8H,5H2,1-4H3,(H,16,17)(H,13,14,15). The van der Waals surface area contributed by atoms with Gasteiger partial charge in [-0.2, -0.15) is 0 Å². The number of rotatable bonds is 5. The van der Waals surface area contributed by atoms with Gasteiger partial charge in [0, 0.05) is 11.7 Å². The van der Waals surface area contributed by atoms with Gasteiger partial charge in [-0.15, -0.1) is 0 Å². The third-order valence-corrected chi connectivity index (χ3v) is 2.03. The molecule has 0 spiro atoms. The van der Waals surface area contributed by atoms with Crippen LogP contribution in [0, 0.1) is 5.92 Å². The van der Waals surface area contributed by atoms with Crippen molar-refractivity contribution in [1.82, 2.24) is 9.97 Å². The van der Waals surface area contributed by atoms with Crippen LogP contribution in [0.3, 0.4) is 0 Å². The molecule has 0 aromatic carbocycles. The van der Waals surface area contributed by atoms with E-state index in [0.29, 0.717) is 11.9 Å². The number of nitrogens with zero attached hydrogens (tertiary/aromatic N) is 2. The lowest BCUT2D eigenvalue weighted by Crippen LogP contribution is -2.16. The molecular formula is C12H19N3O2. The second kappa shape index (κ2) is 5.61. The molecule has 0 unspecified atom stereocenters. The fraction of sp³-hybridized carbons (Fsp3) is 0.583. The first kappa shape index (κ1) is 13.4. The van der Waals surface area contributed by atoms with Gasteiger partial charge in [0.1, 0.15) is 0 Å². The summed E-state index contributed by atoms with van der Waals surface area (Å²) < 4.78 is 0. The molecule has 2 N–H and O–H groups in total. The molecule has 1 aromatic heterocycles. The molecule has 1 aromatic rings. The van der Waals surface area contributed by atoms with E-state index < -0.39 is 5.97 Å². The Hall–Kier alpha value is -1.65. The molecule has 1 rings (SSSR count). The molecule has 0 aliphatic heterocycles. The van der Waals surface area contributed by atoms with Crippen molar-refractivity contribution in [3.05, 3.63) is 17.5 Å². The molecule has 0 radical (unpaired) electrons. The lowest BCUT2D eigenvalue weighted by atomic mass is 10.1. The van der Waals surface area contributed by atoms with E-state index in [9.17, 15) is 4.79 Å². The number of hydrogen-bond donors (Lipinski definition) is 2. The maximum atomic E-state index is 11.0. The van der Waals surface area contributed by atoms with Crippen LogP contribution in [-0.4, -0.2) is 27.1 Å². The monoisotopic (exact) mass is 237 g/mol. The van der Waals surface area contributed by atoms with E-state index in [0.717, 1.165) is 12.1 Å². The fourth-order valence-electron chi connectivity index (χ4n) is 1.45. The minimum atomic E-state index is -1.02. The Balaban J connectivity index is 3.04. The highest BCUT2D eigenvalue weighted by Gasteiger charge is 2.11. The third kappa shape index (κ3) is 4.38. The van der Waals surface area contributed by atoms with E-state index in [4.69, 9.17) is 5.11 Å². The number of carboxylic acid groups (broad SMARTS) is 1. The van der Waals surface area contributed by atoms with Crippen LogP contribution in [0.2, 0.25) is 0 Å². The molecule has 0 aliphatic rings. The Labute approximate surface area is 101 Å². The van der Waals surface area contributed by atoms with E-state index >= 15 is 0 Å². The van der Waals surface area contributed by atoms with Gasteiger partial charge in [0.25, 0.3) is 0 Å². The summed E-state index contributed by atoms with van der Waals surface area (Å²) in [6.07, 6.45) is 0.746. The van der Waals surface area contributed by atoms with Gasteiger partial charge in [0.05, 0.1) is 0 Å². The van der Waals surface area contributed by atoms with Crippen molar-refractivity contribution in [2.45, 2.75) is 40.2 Å². The Morgan fingerprint density at radius 2 is 2.00 bits per heavy atom. The molecule has 0 aliphatic carbocycles. The predicted molar refractivity (Wildman–Crippen MR) is 66.3 cm³/mol. The zero-order valence-electron chi connectivity index (χ0n) is 10.7. The normalized spacial score (nSPS) is 10.9. The summed E-state index contributed by atoms with van der Waals surface area (Å²) in [5, 5.41) is 12.0. The van der Waals surface area contributed by atoms with Crippen LogP contribution in [0.4, 0.5) is 5.95 Å². The van der Waals surface area contributed by atoms with Crippen LogP contribution in [-0.2, 0) is 6.42 Å². The van der Waals surface area contributed by atoms with Gasteiger partial charge in [0.15, 0.2) is 5.69 Å². The average Bonchev–Trinajstić information content (AvgIpc) is 2.14. The van der Waals surface area contributed by atoms with Crippen LogP contribution in [0.25, 0.3) is 0 Å². The summed E-state index contributed by atoms with van der Waals surface area (Å²) in [6.45, 7) is 8.05. The minimum Gasteiger partial charge on any atom is -0.477 e. The summed E-state index contributed by atoms with van der Waals surface area (Å²) >= 11 is 0.